The number of Topliss-reactive ketones (excluding diaryl/α,β-unsaturated/α-hetero) is 1. The molecule has 5 rings (SSSR count). The van der Waals surface area contributed by atoms with E-state index in [1.54, 1.807) is 0 Å². The molecule has 0 aromatic heterocycles. The van der Waals surface area contributed by atoms with Crippen LogP contribution in [0.15, 0.2) is 0 Å². The van der Waals surface area contributed by atoms with Crippen LogP contribution in [0.4, 0.5) is 0 Å². The monoisotopic (exact) mass is 328 g/mol. The van der Waals surface area contributed by atoms with Crippen molar-refractivity contribution in [1.82, 2.24) is 0 Å². The van der Waals surface area contributed by atoms with E-state index < -0.39 is 0 Å². The maximum absolute atomic E-state index is 12.3. The Hall–Kier alpha value is -0.330. The van der Waals surface area contributed by atoms with Crippen LogP contribution in [0.1, 0.15) is 97.8 Å². The summed E-state index contributed by atoms with van der Waals surface area (Å²) in [6.07, 6.45) is 16.0. The summed E-state index contributed by atoms with van der Waals surface area (Å²) in [5.41, 5.74) is 2.37. The molecule has 5 saturated carbocycles. The minimum atomic E-state index is 0.484. The second-order valence-corrected chi connectivity index (χ2v) is 10.5. The lowest BCUT2D eigenvalue weighted by Gasteiger charge is -2.47. The Bertz CT molecular complexity index is 581. The van der Waals surface area contributed by atoms with E-state index in [4.69, 9.17) is 0 Å². The van der Waals surface area contributed by atoms with Gasteiger partial charge in [0, 0.05) is 12.8 Å². The maximum Gasteiger partial charge on any atom is 0.132 e. The zero-order valence-electron chi connectivity index (χ0n) is 16.1. The van der Waals surface area contributed by atoms with Crippen LogP contribution in [0, 0.1) is 39.4 Å². The molecule has 0 aromatic rings. The molecule has 24 heavy (non-hydrogen) atoms. The van der Waals surface area contributed by atoms with Gasteiger partial charge in [0.05, 0.1) is 0 Å². The highest BCUT2D eigenvalue weighted by molar-refractivity contribution is 5.79. The molecule has 1 heteroatoms. The first-order valence-electron chi connectivity index (χ1n) is 11.0. The second kappa shape index (κ2) is 4.68. The number of fused-ring (bicyclic) bond motifs is 1. The van der Waals surface area contributed by atoms with E-state index in [0.29, 0.717) is 27.4 Å². The molecule has 0 bridgehead atoms. The molecule has 5 fully saturated rings. The molecule has 134 valence electrons. The minimum Gasteiger partial charge on any atom is -0.300 e. The zero-order valence-corrected chi connectivity index (χ0v) is 16.1. The van der Waals surface area contributed by atoms with Crippen LogP contribution in [0.2, 0.25) is 0 Å². The van der Waals surface area contributed by atoms with Gasteiger partial charge in [-0.3, -0.25) is 4.79 Å². The van der Waals surface area contributed by atoms with E-state index in [0.717, 1.165) is 30.6 Å². The highest BCUT2D eigenvalue weighted by Crippen LogP contribution is 2.94. The Kier molecular flexibility index (Phi) is 3.10. The predicted molar refractivity (Wildman–Crippen MR) is 97.6 cm³/mol. The number of hydrogen-bond acceptors (Lipinski definition) is 1. The molecular formula is C23H36O. The third kappa shape index (κ3) is 1.42. The van der Waals surface area contributed by atoms with E-state index in [2.05, 4.69) is 20.8 Å². The molecule has 0 radical (unpaired) electrons. The Morgan fingerprint density at radius 1 is 0.917 bits per heavy atom. The predicted octanol–water partition coefficient (Wildman–Crippen LogP) is 6.16. The third-order valence-electron chi connectivity index (χ3n) is 10.9. The van der Waals surface area contributed by atoms with Crippen LogP contribution in [0.3, 0.4) is 0 Å². The Morgan fingerprint density at radius 2 is 1.71 bits per heavy atom. The van der Waals surface area contributed by atoms with Crippen molar-refractivity contribution >= 4 is 5.78 Å². The van der Waals surface area contributed by atoms with Gasteiger partial charge in [-0.15, -0.1) is 0 Å². The molecule has 5 aliphatic carbocycles. The summed E-state index contributed by atoms with van der Waals surface area (Å²) in [5.74, 6) is 3.53. The van der Waals surface area contributed by atoms with Crippen LogP contribution in [0.5, 0.6) is 0 Å². The normalized spacial score (nSPS) is 58.5. The number of hydrogen-bond donors (Lipinski definition) is 0. The van der Waals surface area contributed by atoms with Crippen molar-refractivity contribution in [3.8, 4) is 0 Å². The first kappa shape index (κ1) is 15.9. The highest BCUT2D eigenvalue weighted by atomic mass is 16.1. The van der Waals surface area contributed by atoms with Gasteiger partial charge >= 0.3 is 0 Å². The molecule has 0 N–H and O–H groups in total. The smallest absolute Gasteiger partial charge is 0.132 e. The standard InChI is InChI=1S/C23H36O/c1-4-16-6-7-18-21(16,5-2)12-10-19-22(18)15-14-20(3)11-8-17(24)9-13-23(19,20)22/h16,18-19H,4-15H2,1-3H3. The van der Waals surface area contributed by atoms with Crippen molar-refractivity contribution in [1.29, 1.82) is 0 Å². The second-order valence-electron chi connectivity index (χ2n) is 10.5. The van der Waals surface area contributed by atoms with Gasteiger partial charge in [0.15, 0.2) is 0 Å². The topological polar surface area (TPSA) is 17.1 Å². The van der Waals surface area contributed by atoms with Crippen molar-refractivity contribution in [3.05, 3.63) is 0 Å². The van der Waals surface area contributed by atoms with Crippen LogP contribution in [-0.4, -0.2) is 5.78 Å². The number of carbonyl (C=O) groups excluding carboxylic acids is 1. The fourth-order valence-corrected chi connectivity index (χ4v) is 10.1. The average molecular weight is 329 g/mol. The molecular weight excluding hydrogens is 292 g/mol. The molecule has 0 heterocycles. The Balaban J connectivity index is 1.60. The summed E-state index contributed by atoms with van der Waals surface area (Å²) in [6.45, 7) is 7.54. The number of rotatable bonds is 2. The lowest BCUT2D eigenvalue weighted by atomic mass is 9.57. The molecule has 7 atom stereocenters. The SMILES string of the molecule is CCC1CCC2C1(CC)CCC1C23CCC2(C)CCC(=O)CCC123. The third-order valence-corrected chi connectivity index (χ3v) is 10.9. The summed E-state index contributed by atoms with van der Waals surface area (Å²) >= 11 is 0. The summed E-state index contributed by atoms with van der Waals surface area (Å²) in [4.78, 5) is 12.3. The van der Waals surface area contributed by atoms with Gasteiger partial charge in [-0.2, -0.15) is 0 Å². The van der Waals surface area contributed by atoms with Crippen molar-refractivity contribution in [3.63, 3.8) is 0 Å². The summed E-state index contributed by atoms with van der Waals surface area (Å²) < 4.78 is 0. The quantitative estimate of drug-likeness (QED) is 0.593. The van der Waals surface area contributed by atoms with Gasteiger partial charge in [0.2, 0.25) is 0 Å². The van der Waals surface area contributed by atoms with Crippen molar-refractivity contribution < 1.29 is 4.79 Å². The van der Waals surface area contributed by atoms with Gasteiger partial charge < -0.3 is 0 Å². The lowest BCUT2D eigenvalue weighted by molar-refractivity contribution is -0.119. The van der Waals surface area contributed by atoms with Crippen LogP contribution >= 0.6 is 0 Å². The maximum atomic E-state index is 12.3. The van der Waals surface area contributed by atoms with E-state index in [1.165, 1.54) is 64.2 Å². The van der Waals surface area contributed by atoms with E-state index in [1.807, 2.05) is 0 Å². The van der Waals surface area contributed by atoms with E-state index in [9.17, 15) is 4.79 Å². The number of carbonyl (C=O) groups is 1. The fourth-order valence-electron chi connectivity index (χ4n) is 10.1. The number of ketones is 1. The van der Waals surface area contributed by atoms with Gasteiger partial charge in [-0.1, -0.05) is 27.2 Å². The van der Waals surface area contributed by atoms with Crippen molar-refractivity contribution in [2.45, 2.75) is 97.8 Å². The van der Waals surface area contributed by atoms with Crippen LogP contribution < -0.4 is 0 Å². The molecule has 5 aliphatic rings. The summed E-state index contributed by atoms with van der Waals surface area (Å²) in [5, 5.41) is 0. The van der Waals surface area contributed by atoms with Crippen molar-refractivity contribution in [2.24, 2.45) is 39.4 Å². The van der Waals surface area contributed by atoms with E-state index in [-0.39, 0.29) is 0 Å². The first-order valence-corrected chi connectivity index (χ1v) is 11.0. The molecule has 1 nitrogen and oxygen atoms in total. The first-order chi connectivity index (χ1) is 11.5. The van der Waals surface area contributed by atoms with Crippen LogP contribution in [-0.2, 0) is 4.79 Å². The molecule has 7 unspecified atom stereocenters. The largest absolute Gasteiger partial charge is 0.300 e. The molecule has 2 spiro atoms. The summed E-state index contributed by atoms with van der Waals surface area (Å²) in [7, 11) is 0. The van der Waals surface area contributed by atoms with Crippen LogP contribution in [0.25, 0.3) is 0 Å². The van der Waals surface area contributed by atoms with E-state index >= 15 is 0 Å². The van der Waals surface area contributed by atoms with Gasteiger partial charge in [0.25, 0.3) is 0 Å². The Labute approximate surface area is 148 Å². The molecule has 0 amide bonds. The molecule has 0 saturated heterocycles. The fraction of sp³-hybridized carbons (Fsp3) is 0.957. The van der Waals surface area contributed by atoms with Gasteiger partial charge in [-0.25, -0.2) is 0 Å². The van der Waals surface area contributed by atoms with Gasteiger partial charge in [0.1, 0.15) is 5.78 Å². The summed E-state index contributed by atoms with van der Waals surface area (Å²) in [6, 6.07) is 0. The lowest BCUT2D eigenvalue weighted by Crippen LogP contribution is -2.40. The molecule has 0 aromatic carbocycles. The Morgan fingerprint density at radius 3 is 2.46 bits per heavy atom. The average Bonchev–Trinajstić information content (AvgIpc) is 2.93. The van der Waals surface area contributed by atoms with Crippen molar-refractivity contribution in [2.75, 3.05) is 0 Å². The van der Waals surface area contributed by atoms with Gasteiger partial charge in [-0.05, 0) is 97.2 Å². The minimum absolute atomic E-state index is 0.484. The highest BCUT2D eigenvalue weighted by Gasteiger charge is 2.88. The molecule has 0 aliphatic heterocycles. The zero-order chi connectivity index (χ0) is 16.8.